The molecule has 1 aliphatic heterocycles. The van der Waals surface area contributed by atoms with Crippen LogP contribution < -0.4 is 5.32 Å². The van der Waals surface area contributed by atoms with E-state index in [0.29, 0.717) is 32.1 Å². The van der Waals surface area contributed by atoms with Crippen LogP contribution in [-0.2, 0) is 20.9 Å². The highest BCUT2D eigenvalue weighted by Crippen LogP contribution is 2.43. The molecule has 1 amide bonds. The van der Waals surface area contributed by atoms with Gasteiger partial charge in [0.25, 0.3) is 10.0 Å². The Morgan fingerprint density at radius 3 is 2.26 bits per heavy atom. The molecule has 1 aromatic carbocycles. The Bertz CT molecular complexity index is 1450. The Kier molecular flexibility index (Phi) is 6.36. The molecular formula is C26H29F3N4O4S. The second kappa shape index (κ2) is 9.18. The average molecular weight is 551 g/mol. The van der Waals surface area contributed by atoms with Gasteiger partial charge in [-0.15, -0.1) is 0 Å². The standard InChI is InChI=1S/C26H29F3N4O4S/c1-25(2,3)37-24(34)32-14-16-11-18(12-17(16)15-32)31-22-20-9-10-33(23(20)30-13-21(22)26(27,28)29)38(35,36)19-7-5-4-6-8-19/h4-10,13,16-18H,11-12,14-15H2,1-3H3,(H,30,31)/t16-,17+,18?. The lowest BCUT2D eigenvalue weighted by Gasteiger charge is -2.26. The second-order valence-corrected chi connectivity index (χ2v) is 12.7. The lowest BCUT2D eigenvalue weighted by molar-refractivity contribution is -0.137. The summed E-state index contributed by atoms with van der Waals surface area (Å²) in [6.07, 6.45) is -2.00. The molecule has 5 rings (SSSR count). The number of fused-ring (bicyclic) bond motifs is 2. The number of carbonyl (C=O) groups excluding carboxylic acids is 1. The number of nitrogens with zero attached hydrogens (tertiary/aromatic N) is 3. The van der Waals surface area contributed by atoms with E-state index < -0.39 is 27.4 Å². The van der Waals surface area contributed by atoms with Crippen LogP contribution in [0.3, 0.4) is 0 Å². The normalized spacial score (nSPS) is 22.1. The van der Waals surface area contributed by atoms with Gasteiger partial charge >= 0.3 is 12.3 Å². The van der Waals surface area contributed by atoms with Crippen molar-refractivity contribution in [1.82, 2.24) is 13.9 Å². The van der Waals surface area contributed by atoms with Crippen molar-refractivity contribution in [1.29, 1.82) is 0 Å². The number of halogens is 3. The van der Waals surface area contributed by atoms with Gasteiger partial charge in [0.2, 0.25) is 0 Å². The molecule has 2 aromatic heterocycles. The number of hydrogen-bond donors (Lipinski definition) is 1. The van der Waals surface area contributed by atoms with E-state index in [1.807, 2.05) is 0 Å². The Labute approximate surface area is 218 Å². The Hall–Kier alpha value is -3.28. The van der Waals surface area contributed by atoms with Crippen molar-refractivity contribution in [3.63, 3.8) is 0 Å². The molecule has 1 saturated heterocycles. The van der Waals surface area contributed by atoms with Crippen molar-refractivity contribution in [3.8, 4) is 0 Å². The molecule has 1 saturated carbocycles. The zero-order chi connectivity index (χ0) is 27.5. The van der Waals surface area contributed by atoms with Gasteiger partial charge in [0.1, 0.15) is 5.60 Å². The van der Waals surface area contributed by atoms with E-state index >= 15 is 0 Å². The Balaban J connectivity index is 1.42. The molecule has 3 aromatic rings. The molecule has 0 spiro atoms. The number of amides is 1. The maximum absolute atomic E-state index is 14.0. The largest absolute Gasteiger partial charge is 0.444 e. The van der Waals surface area contributed by atoms with Crippen LogP contribution in [0.4, 0.5) is 23.7 Å². The summed E-state index contributed by atoms with van der Waals surface area (Å²) in [6, 6.07) is 8.73. The number of alkyl halides is 3. The molecule has 204 valence electrons. The molecule has 1 aliphatic carbocycles. The van der Waals surface area contributed by atoms with Crippen LogP contribution in [0.25, 0.3) is 11.0 Å². The summed E-state index contributed by atoms with van der Waals surface area (Å²) in [5, 5.41) is 3.15. The first kappa shape index (κ1) is 26.3. The van der Waals surface area contributed by atoms with Gasteiger partial charge in [0, 0.05) is 36.9 Å². The molecule has 8 nitrogen and oxygen atoms in total. The SMILES string of the molecule is CC(C)(C)OC(=O)N1C[C@H]2CC(Nc3c(C(F)(F)F)cnc4c3ccn4S(=O)(=O)c3ccccc3)C[C@H]2C1. The molecule has 2 fully saturated rings. The number of ether oxygens (including phenoxy) is 1. The van der Waals surface area contributed by atoms with Crippen LogP contribution in [0.15, 0.2) is 53.7 Å². The molecule has 38 heavy (non-hydrogen) atoms. The fourth-order valence-corrected chi connectivity index (χ4v) is 6.75. The van der Waals surface area contributed by atoms with Crippen LogP contribution in [0.1, 0.15) is 39.2 Å². The Morgan fingerprint density at radius 2 is 1.68 bits per heavy atom. The van der Waals surface area contributed by atoms with E-state index in [0.717, 1.165) is 3.97 Å². The van der Waals surface area contributed by atoms with E-state index in [1.54, 1.807) is 43.9 Å². The number of carbonyl (C=O) groups is 1. The third-order valence-corrected chi connectivity index (χ3v) is 8.72. The van der Waals surface area contributed by atoms with Crippen molar-refractivity contribution >= 4 is 32.8 Å². The summed E-state index contributed by atoms with van der Waals surface area (Å²) in [7, 11) is -4.06. The summed E-state index contributed by atoms with van der Waals surface area (Å²) in [5.41, 5.74) is -1.83. The van der Waals surface area contributed by atoms with Gasteiger partial charge in [0.05, 0.1) is 16.1 Å². The summed E-state index contributed by atoms with van der Waals surface area (Å²) in [5.74, 6) is 0.268. The minimum atomic E-state index is -4.69. The van der Waals surface area contributed by atoms with Crippen molar-refractivity contribution in [3.05, 3.63) is 54.4 Å². The van der Waals surface area contributed by atoms with Gasteiger partial charge in [-0.25, -0.2) is 22.2 Å². The number of rotatable bonds is 4. The number of likely N-dealkylation sites (tertiary alicyclic amines) is 1. The molecular weight excluding hydrogens is 521 g/mol. The van der Waals surface area contributed by atoms with Crippen LogP contribution in [-0.4, -0.2) is 53.1 Å². The zero-order valence-corrected chi connectivity index (χ0v) is 22.0. The molecule has 2 aliphatic rings. The molecule has 12 heteroatoms. The van der Waals surface area contributed by atoms with E-state index in [1.165, 1.54) is 24.4 Å². The number of nitrogens with one attached hydrogen (secondary N) is 1. The first-order valence-electron chi connectivity index (χ1n) is 12.4. The topological polar surface area (TPSA) is 93.5 Å². The quantitative estimate of drug-likeness (QED) is 0.471. The van der Waals surface area contributed by atoms with Gasteiger partial charge in [-0.2, -0.15) is 13.2 Å². The van der Waals surface area contributed by atoms with E-state index in [9.17, 15) is 26.4 Å². The number of anilines is 1. The predicted molar refractivity (Wildman–Crippen MR) is 135 cm³/mol. The number of pyridine rings is 1. The molecule has 0 radical (unpaired) electrons. The summed E-state index contributed by atoms with van der Waals surface area (Å²) >= 11 is 0. The molecule has 0 bridgehead atoms. The predicted octanol–water partition coefficient (Wildman–Crippen LogP) is 5.35. The summed E-state index contributed by atoms with van der Waals surface area (Å²) in [6.45, 7) is 6.37. The minimum absolute atomic E-state index is 0.00636. The van der Waals surface area contributed by atoms with Gasteiger partial charge in [-0.05, 0) is 63.6 Å². The summed E-state index contributed by atoms with van der Waals surface area (Å²) < 4.78 is 74.7. The van der Waals surface area contributed by atoms with E-state index in [2.05, 4.69) is 10.3 Å². The van der Waals surface area contributed by atoms with Gasteiger partial charge < -0.3 is 15.0 Å². The van der Waals surface area contributed by atoms with Crippen LogP contribution in [0.5, 0.6) is 0 Å². The molecule has 3 atom stereocenters. The van der Waals surface area contributed by atoms with E-state index in [-0.39, 0.29) is 45.6 Å². The Morgan fingerprint density at radius 1 is 1.05 bits per heavy atom. The number of aromatic nitrogens is 2. The fraction of sp³-hybridized carbons (Fsp3) is 0.462. The highest BCUT2D eigenvalue weighted by molar-refractivity contribution is 7.90. The third-order valence-electron chi connectivity index (χ3n) is 7.04. The monoisotopic (exact) mass is 550 g/mol. The maximum Gasteiger partial charge on any atom is 0.419 e. The fourth-order valence-electron chi connectivity index (χ4n) is 5.43. The van der Waals surface area contributed by atoms with Gasteiger partial charge in [0.15, 0.2) is 5.65 Å². The highest BCUT2D eigenvalue weighted by atomic mass is 32.2. The minimum Gasteiger partial charge on any atom is -0.444 e. The van der Waals surface area contributed by atoms with Gasteiger partial charge in [-0.3, -0.25) is 0 Å². The molecule has 1 N–H and O–H groups in total. The molecule has 3 heterocycles. The summed E-state index contributed by atoms with van der Waals surface area (Å²) in [4.78, 5) is 18.0. The lowest BCUT2D eigenvalue weighted by Crippen LogP contribution is -2.36. The van der Waals surface area contributed by atoms with Crippen LogP contribution in [0.2, 0.25) is 0 Å². The van der Waals surface area contributed by atoms with Gasteiger partial charge in [-0.1, -0.05) is 18.2 Å². The van der Waals surface area contributed by atoms with Crippen molar-refractivity contribution < 1.29 is 31.1 Å². The van der Waals surface area contributed by atoms with Crippen molar-refractivity contribution in [2.45, 2.75) is 56.3 Å². The lowest BCUT2D eigenvalue weighted by atomic mass is 10.0. The maximum atomic E-state index is 14.0. The van der Waals surface area contributed by atoms with Crippen molar-refractivity contribution in [2.24, 2.45) is 11.8 Å². The zero-order valence-electron chi connectivity index (χ0n) is 21.2. The van der Waals surface area contributed by atoms with Crippen molar-refractivity contribution in [2.75, 3.05) is 18.4 Å². The highest BCUT2D eigenvalue weighted by Gasteiger charge is 2.44. The second-order valence-electron chi connectivity index (χ2n) is 10.9. The first-order chi connectivity index (χ1) is 17.7. The number of hydrogen-bond acceptors (Lipinski definition) is 6. The van der Waals surface area contributed by atoms with Crippen LogP contribution >= 0.6 is 0 Å². The average Bonchev–Trinajstić information content (AvgIpc) is 3.51. The van der Waals surface area contributed by atoms with Crippen LogP contribution in [0, 0.1) is 11.8 Å². The first-order valence-corrected chi connectivity index (χ1v) is 13.8. The number of benzene rings is 1. The van der Waals surface area contributed by atoms with E-state index in [4.69, 9.17) is 4.74 Å². The smallest absolute Gasteiger partial charge is 0.419 e. The molecule has 1 unspecified atom stereocenters. The third kappa shape index (κ3) is 4.93.